The molecule has 1 unspecified atom stereocenters. The standard InChI is InChI=1S/C17H16N2O2/c18-14-7-2-1-5-12(14)16(20)11-21-17-9-3-8-15-13(17)6-4-10-19-15/h1-10,16,20H,11,18H2. The zero-order chi connectivity index (χ0) is 14.7. The van der Waals surface area contributed by atoms with E-state index in [1.165, 1.54) is 0 Å². The molecule has 1 heterocycles. The fourth-order valence-electron chi connectivity index (χ4n) is 2.27. The SMILES string of the molecule is Nc1ccccc1C(O)COc1cccc2ncccc12. The lowest BCUT2D eigenvalue weighted by Gasteiger charge is -2.15. The van der Waals surface area contributed by atoms with Gasteiger partial charge in [0, 0.05) is 22.8 Å². The number of nitrogen functional groups attached to an aromatic ring is 1. The molecule has 1 atom stereocenters. The van der Waals surface area contributed by atoms with Crippen molar-refractivity contribution in [3.8, 4) is 5.75 Å². The van der Waals surface area contributed by atoms with Crippen LogP contribution in [0.2, 0.25) is 0 Å². The summed E-state index contributed by atoms with van der Waals surface area (Å²) in [6.07, 6.45) is 0.976. The Balaban J connectivity index is 1.79. The maximum Gasteiger partial charge on any atom is 0.128 e. The van der Waals surface area contributed by atoms with Gasteiger partial charge in [0.15, 0.2) is 0 Å². The van der Waals surface area contributed by atoms with Crippen LogP contribution >= 0.6 is 0 Å². The van der Waals surface area contributed by atoms with E-state index in [1.807, 2.05) is 42.5 Å². The van der Waals surface area contributed by atoms with Crippen LogP contribution in [-0.4, -0.2) is 16.7 Å². The highest BCUT2D eigenvalue weighted by molar-refractivity contribution is 5.84. The van der Waals surface area contributed by atoms with Gasteiger partial charge in [0.2, 0.25) is 0 Å². The minimum atomic E-state index is -0.766. The second-order valence-electron chi connectivity index (χ2n) is 4.78. The number of ether oxygens (including phenoxy) is 1. The number of nitrogens with zero attached hydrogens (tertiary/aromatic N) is 1. The van der Waals surface area contributed by atoms with E-state index in [4.69, 9.17) is 10.5 Å². The largest absolute Gasteiger partial charge is 0.490 e. The summed E-state index contributed by atoms with van der Waals surface area (Å²) in [5, 5.41) is 11.1. The Morgan fingerprint density at radius 3 is 2.76 bits per heavy atom. The van der Waals surface area contributed by atoms with E-state index in [0.717, 1.165) is 10.9 Å². The molecule has 0 aliphatic carbocycles. The fourth-order valence-corrected chi connectivity index (χ4v) is 2.27. The normalized spacial score (nSPS) is 12.2. The van der Waals surface area contributed by atoms with E-state index in [9.17, 15) is 5.11 Å². The molecule has 3 aromatic rings. The van der Waals surface area contributed by atoms with Crippen LogP contribution < -0.4 is 10.5 Å². The highest BCUT2D eigenvalue weighted by Crippen LogP contribution is 2.26. The van der Waals surface area contributed by atoms with Gasteiger partial charge in [0.05, 0.1) is 5.52 Å². The number of hydrogen-bond donors (Lipinski definition) is 2. The minimum absolute atomic E-state index is 0.141. The smallest absolute Gasteiger partial charge is 0.128 e. The van der Waals surface area contributed by atoms with Crippen molar-refractivity contribution in [3.63, 3.8) is 0 Å². The van der Waals surface area contributed by atoms with Crippen LogP contribution in [0.5, 0.6) is 5.75 Å². The molecule has 0 fully saturated rings. The van der Waals surface area contributed by atoms with Crippen molar-refractivity contribution in [2.75, 3.05) is 12.3 Å². The van der Waals surface area contributed by atoms with Crippen LogP contribution in [0.1, 0.15) is 11.7 Å². The maximum absolute atomic E-state index is 10.2. The van der Waals surface area contributed by atoms with Crippen molar-refractivity contribution in [3.05, 3.63) is 66.4 Å². The molecule has 4 nitrogen and oxygen atoms in total. The maximum atomic E-state index is 10.2. The van der Waals surface area contributed by atoms with Gasteiger partial charge >= 0.3 is 0 Å². The lowest BCUT2D eigenvalue weighted by molar-refractivity contribution is 0.109. The lowest BCUT2D eigenvalue weighted by Crippen LogP contribution is -2.11. The fraction of sp³-hybridized carbons (Fsp3) is 0.118. The molecule has 1 aromatic heterocycles. The van der Waals surface area contributed by atoms with Gasteiger partial charge in [-0.15, -0.1) is 0 Å². The van der Waals surface area contributed by atoms with E-state index >= 15 is 0 Å². The van der Waals surface area contributed by atoms with E-state index in [2.05, 4.69) is 4.98 Å². The molecule has 0 saturated heterocycles. The topological polar surface area (TPSA) is 68.4 Å². The second-order valence-corrected chi connectivity index (χ2v) is 4.78. The van der Waals surface area contributed by atoms with Gasteiger partial charge < -0.3 is 15.6 Å². The molecule has 0 aliphatic rings. The molecule has 0 saturated carbocycles. The first-order valence-corrected chi connectivity index (χ1v) is 6.75. The average molecular weight is 280 g/mol. The molecule has 21 heavy (non-hydrogen) atoms. The van der Waals surface area contributed by atoms with Gasteiger partial charge in [0.1, 0.15) is 18.5 Å². The summed E-state index contributed by atoms with van der Waals surface area (Å²) < 4.78 is 5.74. The predicted molar refractivity (Wildman–Crippen MR) is 83.1 cm³/mol. The number of anilines is 1. The second kappa shape index (κ2) is 5.81. The number of hydrogen-bond acceptors (Lipinski definition) is 4. The number of aromatic nitrogens is 1. The van der Waals surface area contributed by atoms with E-state index in [-0.39, 0.29) is 6.61 Å². The zero-order valence-corrected chi connectivity index (χ0v) is 11.4. The van der Waals surface area contributed by atoms with Crippen LogP contribution in [0.15, 0.2) is 60.8 Å². The monoisotopic (exact) mass is 280 g/mol. The van der Waals surface area contributed by atoms with Gasteiger partial charge in [-0.3, -0.25) is 4.98 Å². The number of aliphatic hydroxyl groups is 1. The van der Waals surface area contributed by atoms with Crippen LogP contribution in [0.4, 0.5) is 5.69 Å². The molecule has 0 amide bonds. The van der Waals surface area contributed by atoms with Crippen LogP contribution in [0.3, 0.4) is 0 Å². The Hall–Kier alpha value is -2.59. The van der Waals surface area contributed by atoms with E-state index in [0.29, 0.717) is 17.0 Å². The number of benzene rings is 2. The van der Waals surface area contributed by atoms with Crippen LogP contribution in [0.25, 0.3) is 10.9 Å². The third-order valence-corrected chi connectivity index (χ3v) is 3.36. The Kier molecular flexibility index (Phi) is 3.71. The first-order chi connectivity index (χ1) is 10.3. The number of aliphatic hydroxyl groups excluding tert-OH is 1. The molecular formula is C17H16N2O2. The number of fused-ring (bicyclic) bond motifs is 1. The molecule has 0 radical (unpaired) electrons. The van der Waals surface area contributed by atoms with Gasteiger partial charge in [0.25, 0.3) is 0 Å². The van der Waals surface area contributed by atoms with Crippen molar-refractivity contribution < 1.29 is 9.84 Å². The lowest BCUT2D eigenvalue weighted by atomic mass is 10.1. The molecule has 106 valence electrons. The summed E-state index contributed by atoms with van der Waals surface area (Å²) in [7, 11) is 0. The molecule has 0 aliphatic heterocycles. The summed E-state index contributed by atoms with van der Waals surface area (Å²) in [4.78, 5) is 4.28. The summed E-state index contributed by atoms with van der Waals surface area (Å²) in [5.41, 5.74) is 7.96. The van der Waals surface area contributed by atoms with Crippen LogP contribution in [-0.2, 0) is 0 Å². The Bertz CT molecular complexity index is 753. The predicted octanol–water partition coefficient (Wildman–Crippen LogP) is 2.93. The molecular weight excluding hydrogens is 264 g/mol. The minimum Gasteiger partial charge on any atom is -0.490 e. The van der Waals surface area contributed by atoms with E-state index < -0.39 is 6.10 Å². The molecule has 4 heteroatoms. The Morgan fingerprint density at radius 1 is 1.05 bits per heavy atom. The first kappa shape index (κ1) is 13.4. The number of para-hydroxylation sites is 1. The summed E-state index contributed by atoms with van der Waals surface area (Å²) in [5.74, 6) is 0.703. The van der Waals surface area contributed by atoms with Gasteiger partial charge in [-0.2, -0.15) is 0 Å². The average Bonchev–Trinajstić information content (AvgIpc) is 2.53. The highest BCUT2D eigenvalue weighted by Gasteiger charge is 2.12. The van der Waals surface area contributed by atoms with Gasteiger partial charge in [-0.05, 0) is 30.3 Å². The van der Waals surface area contributed by atoms with Crippen molar-refractivity contribution >= 4 is 16.6 Å². The molecule has 2 aromatic carbocycles. The molecule has 0 spiro atoms. The van der Waals surface area contributed by atoms with Crippen molar-refractivity contribution in [1.82, 2.24) is 4.98 Å². The zero-order valence-electron chi connectivity index (χ0n) is 11.4. The third kappa shape index (κ3) is 2.80. The number of rotatable bonds is 4. The molecule has 3 rings (SSSR count). The number of pyridine rings is 1. The van der Waals surface area contributed by atoms with Crippen LogP contribution in [0, 0.1) is 0 Å². The number of nitrogens with two attached hydrogens (primary N) is 1. The van der Waals surface area contributed by atoms with Gasteiger partial charge in [-0.25, -0.2) is 0 Å². The van der Waals surface area contributed by atoms with E-state index in [1.54, 1.807) is 18.3 Å². The van der Waals surface area contributed by atoms with Crippen molar-refractivity contribution in [1.29, 1.82) is 0 Å². The third-order valence-electron chi connectivity index (χ3n) is 3.36. The first-order valence-electron chi connectivity index (χ1n) is 6.75. The van der Waals surface area contributed by atoms with Crippen molar-refractivity contribution in [2.45, 2.75) is 6.10 Å². The van der Waals surface area contributed by atoms with Crippen molar-refractivity contribution in [2.24, 2.45) is 0 Å². The Labute approximate surface area is 122 Å². The molecule has 3 N–H and O–H groups in total. The summed E-state index contributed by atoms with van der Waals surface area (Å²) >= 11 is 0. The van der Waals surface area contributed by atoms with Gasteiger partial charge in [-0.1, -0.05) is 24.3 Å². The molecule has 0 bridgehead atoms. The quantitative estimate of drug-likeness (QED) is 0.721. The highest BCUT2D eigenvalue weighted by atomic mass is 16.5. The Morgan fingerprint density at radius 2 is 1.90 bits per heavy atom. The summed E-state index contributed by atoms with van der Waals surface area (Å²) in [6.45, 7) is 0.141. The summed E-state index contributed by atoms with van der Waals surface area (Å²) in [6, 6.07) is 16.7.